The van der Waals surface area contributed by atoms with Crippen LogP contribution in [0.25, 0.3) is 11.4 Å². The monoisotopic (exact) mass is 348 g/mol. The number of carbonyl (C=O) groups is 1. The quantitative estimate of drug-likeness (QED) is 0.638. The molecule has 0 aliphatic heterocycles. The Labute approximate surface area is 141 Å². The highest BCUT2D eigenvalue weighted by molar-refractivity contribution is 6.35. The summed E-state index contributed by atoms with van der Waals surface area (Å²) in [4.78, 5) is 15.2. The van der Waals surface area contributed by atoms with E-state index in [-0.39, 0.29) is 12.5 Å². The second-order valence-electron chi connectivity index (χ2n) is 4.61. The van der Waals surface area contributed by atoms with E-state index in [0.717, 1.165) is 6.29 Å². The van der Waals surface area contributed by atoms with E-state index in [1.54, 1.807) is 42.5 Å². The van der Waals surface area contributed by atoms with E-state index >= 15 is 0 Å². The van der Waals surface area contributed by atoms with Crippen molar-refractivity contribution < 1.29 is 14.1 Å². The number of ether oxygens (including phenoxy) is 1. The highest BCUT2D eigenvalue weighted by Gasteiger charge is 2.11. The lowest BCUT2D eigenvalue weighted by Crippen LogP contribution is -1.98. The molecule has 0 bridgehead atoms. The van der Waals surface area contributed by atoms with Gasteiger partial charge in [0.15, 0.2) is 12.9 Å². The molecule has 3 rings (SSSR count). The van der Waals surface area contributed by atoms with Gasteiger partial charge in [-0.3, -0.25) is 4.79 Å². The summed E-state index contributed by atoms with van der Waals surface area (Å²) in [6.45, 7) is 0.0478. The van der Waals surface area contributed by atoms with Gasteiger partial charge in [0.1, 0.15) is 5.75 Å². The number of aldehydes is 1. The van der Waals surface area contributed by atoms with Crippen LogP contribution in [0.2, 0.25) is 10.0 Å². The Bertz CT molecular complexity index is 829. The van der Waals surface area contributed by atoms with Crippen LogP contribution in [-0.4, -0.2) is 16.4 Å². The molecular weight excluding hydrogens is 339 g/mol. The predicted octanol–water partition coefficient (Wildman–Crippen LogP) is 4.43. The highest BCUT2D eigenvalue weighted by Crippen LogP contribution is 2.25. The molecule has 3 aromatic rings. The average molecular weight is 349 g/mol. The second kappa shape index (κ2) is 6.81. The van der Waals surface area contributed by atoms with Gasteiger partial charge in [0, 0.05) is 15.6 Å². The number of aromatic nitrogens is 2. The van der Waals surface area contributed by atoms with Gasteiger partial charge in [0.25, 0.3) is 5.89 Å². The number of hydrogen-bond donors (Lipinski definition) is 0. The maximum absolute atomic E-state index is 10.9. The summed E-state index contributed by atoms with van der Waals surface area (Å²) in [5.74, 6) is 1.08. The lowest BCUT2D eigenvalue weighted by Gasteiger charge is -2.04. The molecule has 0 spiro atoms. The maximum Gasteiger partial charge on any atom is 0.264 e. The van der Waals surface area contributed by atoms with Gasteiger partial charge in [0.05, 0.1) is 5.56 Å². The van der Waals surface area contributed by atoms with E-state index in [1.807, 2.05) is 0 Å². The number of hydrogen-bond acceptors (Lipinski definition) is 5. The molecule has 0 radical (unpaired) electrons. The molecule has 116 valence electrons. The fraction of sp³-hybridized carbons (Fsp3) is 0.0625. The summed E-state index contributed by atoms with van der Waals surface area (Å²) in [7, 11) is 0. The normalized spacial score (nSPS) is 10.5. The van der Waals surface area contributed by atoms with Crippen LogP contribution in [0, 0.1) is 0 Å². The van der Waals surface area contributed by atoms with Crippen molar-refractivity contribution in [3.05, 3.63) is 64.0 Å². The lowest BCUT2D eigenvalue weighted by atomic mass is 10.2. The van der Waals surface area contributed by atoms with Crippen LogP contribution in [0.5, 0.6) is 5.75 Å². The first kappa shape index (κ1) is 15.5. The molecule has 0 saturated heterocycles. The van der Waals surface area contributed by atoms with E-state index in [1.165, 1.54) is 0 Å². The van der Waals surface area contributed by atoms with Crippen LogP contribution < -0.4 is 4.74 Å². The van der Waals surface area contributed by atoms with Crippen LogP contribution >= 0.6 is 23.2 Å². The molecule has 0 unspecified atom stereocenters. The zero-order chi connectivity index (χ0) is 16.2. The second-order valence-corrected chi connectivity index (χ2v) is 5.49. The topological polar surface area (TPSA) is 65.2 Å². The van der Waals surface area contributed by atoms with Crippen LogP contribution in [0.3, 0.4) is 0 Å². The standard InChI is InChI=1S/C16H10Cl2N2O3/c17-12-5-11(6-13(18)7-12)16-19-15(23-20-16)9-22-14-4-2-1-3-10(14)8-21/h1-8H,9H2. The Hall–Kier alpha value is -2.37. The third kappa shape index (κ3) is 3.70. The number of benzene rings is 2. The molecule has 0 atom stereocenters. The Morgan fingerprint density at radius 2 is 1.87 bits per heavy atom. The van der Waals surface area contributed by atoms with Gasteiger partial charge in [0.2, 0.25) is 5.82 Å². The minimum atomic E-state index is 0.0478. The van der Waals surface area contributed by atoms with Crippen molar-refractivity contribution >= 4 is 29.5 Å². The van der Waals surface area contributed by atoms with E-state index in [2.05, 4.69) is 10.1 Å². The van der Waals surface area contributed by atoms with Crippen molar-refractivity contribution in [2.75, 3.05) is 0 Å². The van der Waals surface area contributed by atoms with Crippen LogP contribution in [0.4, 0.5) is 0 Å². The summed E-state index contributed by atoms with van der Waals surface area (Å²) in [5, 5.41) is 4.83. The van der Waals surface area contributed by atoms with Gasteiger partial charge in [-0.25, -0.2) is 0 Å². The van der Waals surface area contributed by atoms with Gasteiger partial charge in [-0.05, 0) is 30.3 Å². The summed E-state index contributed by atoms with van der Waals surface area (Å²) >= 11 is 11.9. The molecule has 1 heterocycles. The zero-order valence-electron chi connectivity index (χ0n) is 11.7. The first-order valence-electron chi connectivity index (χ1n) is 6.62. The smallest absolute Gasteiger partial charge is 0.264 e. The third-order valence-corrected chi connectivity index (χ3v) is 3.42. The van der Waals surface area contributed by atoms with Crippen LogP contribution in [0.15, 0.2) is 47.0 Å². The van der Waals surface area contributed by atoms with Gasteiger partial charge in [-0.2, -0.15) is 4.98 Å². The van der Waals surface area contributed by atoms with Crippen molar-refractivity contribution in [2.45, 2.75) is 6.61 Å². The Morgan fingerprint density at radius 3 is 2.61 bits per heavy atom. The van der Waals surface area contributed by atoms with Crippen LogP contribution in [0.1, 0.15) is 16.2 Å². The Kier molecular flexibility index (Phi) is 4.60. The van der Waals surface area contributed by atoms with Gasteiger partial charge < -0.3 is 9.26 Å². The largest absolute Gasteiger partial charge is 0.483 e. The lowest BCUT2D eigenvalue weighted by molar-refractivity contribution is 0.111. The highest BCUT2D eigenvalue weighted by atomic mass is 35.5. The molecule has 0 aliphatic carbocycles. The number of halogens is 2. The first-order chi connectivity index (χ1) is 11.2. The van der Waals surface area contributed by atoms with E-state index < -0.39 is 0 Å². The van der Waals surface area contributed by atoms with Crippen molar-refractivity contribution in [1.82, 2.24) is 10.1 Å². The molecule has 23 heavy (non-hydrogen) atoms. The summed E-state index contributed by atoms with van der Waals surface area (Å²) < 4.78 is 10.7. The third-order valence-electron chi connectivity index (χ3n) is 2.99. The molecule has 0 amide bonds. The summed E-state index contributed by atoms with van der Waals surface area (Å²) in [5.41, 5.74) is 1.10. The minimum Gasteiger partial charge on any atom is -0.483 e. The molecule has 0 fully saturated rings. The van der Waals surface area contributed by atoms with Crippen molar-refractivity contribution in [2.24, 2.45) is 0 Å². The molecule has 2 aromatic carbocycles. The maximum atomic E-state index is 10.9. The fourth-order valence-corrected chi connectivity index (χ4v) is 2.49. The molecule has 1 aromatic heterocycles. The minimum absolute atomic E-state index is 0.0478. The number of nitrogens with zero attached hydrogens (tertiary/aromatic N) is 2. The Morgan fingerprint density at radius 1 is 1.13 bits per heavy atom. The van der Waals surface area contributed by atoms with Crippen LogP contribution in [-0.2, 0) is 6.61 Å². The van der Waals surface area contributed by atoms with Crippen molar-refractivity contribution in [3.8, 4) is 17.1 Å². The van der Waals surface area contributed by atoms with Crippen molar-refractivity contribution in [1.29, 1.82) is 0 Å². The van der Waals surface area contributed by atoms with Gasteiger partial charge >= 0.3 is 0 Å². The van der Waals surface area contributed by atoms with Crippen molar-refractivity contribution in [3.63, 3.8) is 0 Å². The summed E-state index contributed by atoms with van der Waals surface area (Å²) in [6, 6.07) is 11.9. The average Bonchev–Trinajstić information content (AvgIpc) is 3.01. The Balaban J connectivity index is 1.76. The first-order valence-corrected chi connectivity index (χ1v) is 7.37. The number of carbonyl (C=O) groups excluding carboxylic acids is 1. The SMILES string of the molecule is O=Cc1ccccc1OCc1nc(-c2cc(Cl)cc(Cl)c2)no1. The molecular formula is C16H10Cl2N2O3. The van der Waals surface area contributed by atoms with Gasteiger partial charge in [-0.1, -0.05) is 40.5 Å². The van der Waals surface area contributed by atoms with E-state index in [9.17, 15) is 4.79 Å². The number of para-hydroxylation sites is 1. The predicted molar refractivity (Wildman–Crippen MR) is 85.9 cm³/mol. The molecule has 5 nitrogen and oxygen atoms in total. The van der Waals surface area contributed by atoms with Gasteiger partial charge in [-0.15, -0.1) is 0 Å². The zero-order valence-corrected chi connectivity index (χ0v) is 13.2. The summed E-state index contributed by atoms with van der Waals surface area (Å²) in [6.07, 6.45) is 0.725. The molecule has 0 N–H and O–H groups in total. The van der Waals surface area contributed by atoms with E-state index in [4.69, 9.17) is 32.5 Å². The number of rotatable bonds is 5. The van der Waals surface area contributed by atoms with E-state index in [0.29, 0.717) is 32.7 Å². The molecule has 0 saturated carbocycles. The molecule has 0 aliphatic rings. The molecule has 7 heteroatoms. The fourth-order valence-electron chi connectivity index (χ4n) is 1.96.